The average Bonchev–Trinajstić information content (AvgIpc) is 3.15. The molecule has 1 N–H and O–H groups in total. The van der Waals surface area contributed by atoms with Crippen molar-refractivity contribution in [2.24, 2.45) is 0 Å². The van der Waals surface area contributed by atoms with Crippen LogP contribution < -0.4 is 4.72 Å². The maximum atomic E-state index is 12.2. The molecule has 0 saturated carbocycles. The number of likely N-dealkylation sites (tertiary alicyclic amines) is 1. The summed E-state index contributed by atoms with van der Waals surface area (Å²) in [5.74, 6) is -0.914. The van der Waals surface area contributed by atoms with Gasteiger partial charge in [0.25, 0.3) is 5.91 Å². The summed E-state index contributed by atoms with van der Waals surface area (Å²) < 4.78 is 31.5. The highest BCUT2D eigenvalue weighted by Crippen LogP contribution is 2.14. The first-order valence-corrected chi connectivity index (χ1v) is 9.80. The van der Waals surface area contributed by atoms with Crippen LogP contribution in [0.3, 0.4) is 0 Å². The van der Waals surface area contributed by atoms with Crippen LogP contribution in [0.1, 0.15) is 36.5 Å². The van der Waals surface area contributed by atoms with Crippen molar-refractivity contribution in [3.63, 3.8) is 0 Å². The fraction of sp³-hybridized carbons (Fsp3) is 0.471. The summed E-state index contributed by atoms with van der Waals surface area (Å²) >= 11 is 0. The van der Waals surface area contributed by atoms with Crippen LogP contribution in [0.15, 0.2) is 29.2 Å². The molecule has 1 atom stereocenters. The third-order valence-corrected chi connectivity index (χ3v) is 5.46. The van der Waals surface area contributed by atoms with Crippen LogP contribution >= 0.6 is 0 Å². The molecular formula is C17H21N3O5S. The fourth-order valence-corrected chi connectivity index (χ4v) is 3.60. The number of ether oxygens (including phenoxy) is 1. The summed E-state index contributed by atoms with van der Waals surface area (Å²) in [6, 6.07) is 7.05. The monoisotopic (exact) mass is 379 g/mol. The van der Waals surface area contributed by atoms with Gasteiger partial charge in [-0.25, -0.2) is 17.9 Å². The predicted molar refractivity (Wildman–Crippen MR) is 92.6 cm³/mol. The SMILES string of the molecule is C[C@@H](OC(=O)c1ccc(S(=O)(=O)NCCC#N)cc1)C(=O)N1CCCC1. The Morgan fingerprint density at radius 1 is 1.27 bits per heavy atom. The lowest BCUT2D eigenvalue weighted by Crippen LogP contribution is -2.38. The molecule has 1 aliphatic rings. The number of carbonyl (C=O) groups is 2. The van der Waals surface area contributed by atoms with Gasteiger partial charge in [0.2, 0.25) is 10.0 Å². The number of benzene rings is 1. The van der Waals surface area contributed by atoms with E-state index in [-0.39, 0.29) is 29.3 Å². The normalized spacial score (nSPS) is 15.3. The van der Waals surface area contributed by atoms with Crippen LogP contribution in [0.25, 0.3) is 0 Å². The third kappa shape index (κ3) is 5.03. The highest BCUT2D eigenvalue weighted by atomic mass is 32.2. The molecule has 0 radical (unpaired) electrons. The number of nitrogens with zero attached hydrogens (tertiary/aromatic N) is 2. The number of hydrogen-bond donors (Lipinski definition) is 1. The standard InChI is InChI=1S/C17H21N3O5S/c1-13(16(21)20-11-2-3-12-20)25-17(22)14-5-7-15(8-6-14)26(23,24)19-10-4-9-18/h5-8,13,19H,2-4,10-12H2,1H3/t13-/m1/s1. The Morgan fingerprint density at radius 3 is 2.46 bits per heavy atom. The lowest BCUT2D eigenvalue weighted by Gasteiger charge is -2.20. The van der Waals surface area contributed by atoms with Gasteiger partial charge in [0.1, 0.15) is 0 Å². The van der Waals surface area contributed by atoms with Crippen LogP contribution in [-0.4, -0.2) is 50.9 Å². The van der Waals surface area contributed by atoms with Crippen LogP contribution in [0.5, 0.6) is 0 Å². The third-order valence-electron chi connectivity index (χ3n) is 3.98. The first-order valence-electron chi connectivity index (χ1n) is 8.31. The average molecular weight is 379 g/mol. The Kier molecular flexibility index (Phi) is 6.71. The van der Waals surface area contributed by atoms with E-state index in [2.05, 4.69) is 4.72 Å². The summed E-state index contributed by atoms with van der Waals surface area (Å²) in [6.07, 6.45) is 1.07. The largest absolute Gasteiger partial charge is 0.449 e. The van der Waals surface area contributed by atoms with E-state index in [0.29, 0.717) is 13.1 Å². The molecule has 2 rings (SSSR count). The molecule has 0 unspecified atom stereocenters. The van der Waals surface area contributed by atoms with E-state index in [9.17, 15) is 18.0 Å². The molecule has 8 nitrogen and oxygen atoms in total. The molecule has 0 aromatic heterocycles. The van der Waals surface area contributed by atoms with Crippen molar-refractivity contribution in [2.75, 3.05) is 19.6 Å². The van der Waals surface area contributed by atoms with Crippen LogP contribution in [0, 0.1) is 11.3 Å². The number of carbonyl (C=O) groups excluding carboxylic acids is 2. The highest BCUT2D eigenvalue weighted by molar-refractivity contribution is 7.89. The predicted octanol–water partition coefficient (Wildman–Crippen LogP) is 1.05. The topological polar surface area (TPSA) is 117 Å². The smallest absolute Gasteiger partial charge is 0.338 e. The number of nitriles is 1. The Morgan fingerprint density at radius 2 is 1.88 bits per heavy atom. The first kappa shape index (κ1) is 19.9. The summed E-state index contributed by atoms with van der Waals surface area (Å²) in [4.78, 5) is 26.0. The number of esters is 1. The number of nitrogens with one attached hydrogen (secondary N) is 1. The van der Waals surface area contributed by atoms with Crippen molar-refractivity contribution in [1.29, 1.82) is 5.26 Å². The Hall–Kier alpha value is -2.44. The summed E-state index contributed by atoms with van der Waals surface area (Å²) in [5.41, 5.74) is 0.155. The van der Waals surface area contributed by atoms with Gasteiger partial charge in [-0.2, -0.15) is 5.26 Å². The van der Waals surface area contributed by atoms with Crippen molar-refractivity contribution in [2.45, 2.75) is 37.2 Å². The second kappa shape index (κ2) is 8.78. The molecule has 0 spiro atoms. The van der Waals surface area contributed by atoms with Gasteiger partial charge in [0, 0.05) is 26.1 Å². The highest BCUT2D eigenvalue weighted by Gasteiger charge is 2.26. The molecule has 1 aromatic carbocycles. The van der Waals surface area contributed by atoms with Crippen molar-refractivity contribution < 1.29 is 22.7 Å². The molecule has 1 fully saturated rings. The van der Waals surface area contributed by atoms with Crippen molar-refractivity contribution in [3.05, 3.63) is 29.8 Å². The van der Waals surface area contributed by atoms with Crippen LogP contribution in [0.2, 0.25) is 0 Å². The maximum Gasteiger partial charge on any atom is 0.338 e. The summed E-state index contributed by atoms with van der Waals surface area (Å²) in [7, 11) is -3.74. The Bertz CT molecular complexity index is 793. The quantitative estimate of drug-likeness (QED) is 0.559. The van der Waals surface area contributed by atoms with Gasteiger partial charge in [-0.15, -0.1) is 0 Å². The number of amides is 1. The molecule has 140 valence electrons. The van der Waals surface area contributed by atoms with Crippen LogP contribution in [-0.2, 0) is 19.6 Å². The van der Waals surface area contributed by atoms with E-state index >= 15 is 0 Å². The second-order valence-electron chi connectivity index (χ2n) is 5.91. The zero-order chi connectivity index (χ0) is 19.2. The Balaban J connectivity index is 1.97. The number of sulfonamides is 1. The van der Waals surface area contributed by atoms with Gasteiger partial charge in [0.05, 0.1) is 16.5 Å². The molecule has 1 aliphatic heterocycles. The molecule has 1 saturated heterocycles. The van der Waals surface area contributed by atoms with Gasteiger partial charge in [0.15, 0.2) is 6.10 Å². The van der Waals surface area contributed by atoms with Gasteiger partial charge in [-0.05, 0) is 44.0 Å². The lowest BCUT2D eigenvalue weighted by molar-refractivity contribution is -0.138. The molecule has 26 heavy (non-hydrogen) atoms. The molecule has 0 aliphatic carbocycles. The zero-order valence-electron chi connectivity index (χ0n) is 14.5. The summed E-state index contributed by atoms with van der Waals surface area (Å²) in [6.45, 7) is 2.88. The minimum Gasteiger partial charge on any atom is -0.449 e. The van der Waals surface area contributed by atoms with Crippen molar-refractivity contribution in [1.82, 2.24) is 9.62 Å². The minimum atomic E-state index is -3.74. The lowest BCUT2D eigenvalue weighted by atomic mass is 10.2. The van der Waals surface area contributed by atoms with E-state index < -0.39 is 22.1 Å². The number of hydrogen-bond acceptors (Lipinski definition) is 6. The van der Waals surface area contributed by atoms with Gasteiger partial charge < -0.3 is 9.64 Å². The summed E-state index contributed by atoms with van der Waals surface area (Å²) in [5, 5.41) is 8.45. The molecule has 1 heterocycles. The van der Waals surface area contributed by atoms with Gasteiger partial charge >= 0.3 is 5.97 Å². The van der Waals surface area contributed by atoms with E-state index in [0.717, 1.165) is 12.8 Å². The molecule has 0 bridgehead atoms. The number of rotatable bonds is 7. The Labute approximate surface area is 152 Å². The second-order valence-corrected chi connectivity index (χ2v) is 7.68. The van der Waals surface area contributed by atoms with Gasteiger partial charge in [-0.1, -0.05) is 0 Å². The van der Waals surface area contributed by atoms with E-state index in [1.165, 1.54) is 31.2 Å². The van der Waals surface area contributed by atoms with Gasteiger partial charge in [-0.3, -0.25) is 4.79 Å². The van der Waals surface area contributed by atoms with E-state index in [1.54, 1.807) is 4.90 Å². The molecule has 1 aromatic rings. The van der Waals surface area contributed by atoms with Crippen molar-refractivity contribution >= 4 is 21.9 Å². The molecule has 1 amide bonds. The van der Waals surface area contributed by atoms with Crippen molar-refractivity contribution in [3.8, 4) is 6.07 Å². The molecular weight excluding hydrogens is 358 g/mol. The minimum absolute atomic E-state index is 0.0127. The first-order chi connectivity index (χ1) is 12.3. The fourth-order valence-electron chi connectivity index (χ4n) is 2.57. The molecule has 9 heteroatoms. The van der Waals surface area contributed by atoms with Crippen LogP contribution in [0.4, 0.5) is 0 Å². The van der Waals surface area contributed by atoms with E-state index in [4.69, 9.17) is 10.00 Å². The van der Waals surface area contributed by atoms with E-state index in [1.807, 2.05) is 6.07 Å². The zero-order valence-corrected chi connectivity index (χ0v) is 15.3. The maximum absolute atomic E-state index is 12.2.